The molecule has 10 heteroatoms. The topological polar surface area (TPSA) is 83.1 Å². The predicted octanol–water partition coefficient (Wildman–Crippen LogP) is 5.70. The molecular weight excluding hydrogens is 912 g/mol. The van der Waals surface area contributed by atoms with E-state index in [-0.39, 0.29) is 88.1 Å². The third kappa shape index (κ3) is 11.7. The van der Waals surface area contributed by atoms with Gasteiger partial charge in [-0.25, -0.2) is 4.98 Å². The van der Waals surface area contributed by atoms with E-state index in [9.17, 15) is 0 Å². The van der Waals surface area contributed by atoms with Crippen LogP contribution in [-0.2, 0) is 25.5 Å². The minimum absolute atomic E-state index is 0. The summed E-state index contributed by atoms with van der Waals surface area (Å²) in [4.78, 5) is 16.1. The fraction of sp³-hybridized carbons (Fsp3) is 0.407. The Morgan fingerprint density at radius 2 is 1.27 bits per heavy atom. The van der Waals surface area contributed by atoms with Gasteiger partial charge >= 0.3 is 0 Å². The van der Waals surface area contributed by atoms with Gasteiger partial charge in [-0.05, 0) is 18.1 Å². The number of nitrogens with one attached hydrogen (secondary N) is 2. The second kappa shape index (κ2) is 18.5. The number of alkyl halides is 1. The molecule has 2 heterocycles. The number of hydrogen-bond acceptors (Lipinski definition) is 5. The molecule has 0 unspecified atom stereocenters. The van der Waals surface area contributed by atoms with Gasteiger partial charge in [-0.2, -0.15) is 4.98 Å². The third-order valence-corrected chi connectivity index (χ3v) is 6.27. The smallest absolute Gasteiger partial charge is 0.227 e. The maximum atomic E-state index is 7.40. The largest absolute Gasteiger partial charge is 0.674 e. The van der Waals surface area contributed by atoms with Crippen LogP contribution in [0.3, 0.4) is 0 Å². The van der Waals surface area contributed by atoms with Crippen molar-refractivity contribution >= 4 is 23.4 Å². The van der Waals surface area contributed by atoms with Crippen molar-refractivity contribution < 1.29 is 88.1 Å². The number of halogens is 1. The molecule has 0 atom stereocenters. The van der Waals surface area contributed by atoms with Gasteiger partial charge in [-0.1, -0.05) is 59.7 Å². The molecule has 2 radical (unpaired) electrons. The molecule has 0 saturated carbocycles. The Morgan fingerprint density at radius 3 is 1.73 bits per heavy atom. The summed E-state index contributed by atoms with van der Waals surface area (Å²) in [5, 5.41) is 0. The molecule has 2 N–H and O–H groups in total. The van der Waals surface area contributed by atoms with Crippen molar-refractivity contribution in [3.05, 3.63) is 94.0 Å². The molecule has 0 bridgehead atoms. The second-order valence-corrected chi connectivity index (χ2v) is 9.21. The first-order valence-electron chi connectivity index (χ1n) is 11.9. The van der Waals surface area contributed by atoms with Crippen molar-refractivity contribution in [2.45, 2.75) is 32.4 Å². The summed E-state index contributed by atoms with van der Waals surface area (Å²) in [6, 6.07) is 18.2. The molecule has 7 nitrogen and oxygen atoms in total. The molecule has 1 aliphatic rings. The van der Waals surface area contributed by atoms with Crippen molar-refractivity contribution in [3.8, 4) is 0 Å². The second-order valence-electron chi connectivity index (χ2n) is 8.95. The molecule has 1 aromatic heterocycles. The number of anilines is 2. The Bertz CT molecular complexity index is 1020. The molecule has 1 saturated heterocycles. The zero-order chi connectivity index (χ0) is 25.2. The molecule has 4 rings (SSSR count). The van der Waals surface area contributed by atoms with E-state index in [0.29, 0.717) is 19.0 Å². The monoisotopic (exact) mass is 947 g/mol. The van der Waals surface area contributed by atoms with Gasteiger partial charge < -0.3 is 21.3 Å². The SMILES string of the molecule is Cc1cc(N(C)C)nc(N2CCN(Cc3ccc(C[NH-])cc3)CC2)n1.[Ac].[Ac].[NH-]Cc1ccc(CCl)cc1. The normalized spacial score (nSPS) is 13.1. The number of aryl methyl sites for hydroxylation is 1. The van der Waals surface area contributed by atoms with E-state index in [2.05, 4.69) is 44.0 Å². The van der Waals surface area contributed by atoms with Crippen LogP contribution >= 0.6 is 11.6 Å². The summed E-state index contributed by atoms with van der Waals surface area (Å²) in [6.45, 7) is 7.59. The number of piperazine rings is 1. The first-order valence-corrected chi connectivity index (χ1v) is 12.5. The Balaban J connectivity index is 0.000000485. The van der Waals surface area contributed by atoms with Crippen LogP contribution in [0.1, 0.15) is 27.9 Å². The molecule has 194 valence electrons. The van der Waals surface area contributed by atoms with Crippen LogP contribution in [0.2, 0.25) is 0 Å². The van der Waals surface area contributed by atoms with Crippen LogP contribution in [0.5, 0.6) is 0 Å². The molecule has 0 aliphatic carbocycles. The zero-order valence-electron chi connectivity index (χ0n) is 22.1. The van der Waals surface area contributed by atoms with Crippen LogP contribution in [0.4, 0.5) is 11.8 Å². The standard InChI is InChI=1S/C19H27N6.C8H9ClN.2Ac/c1-15-12-18(23(2)3)22-19(21-15)25-10-8-24(9-11-25)14-17-6-4-16(13-20)5-7-17;9-5-7-1-3-8(6-10)4-2-7;;/h4-7,12,20H,8-11,13-14H2,1-3H3;1-4,10H,5-6H2;;/q2*-1;;. The maximum absolute atomic E-state index is 7.40. The van der Waals surface area contributed by atoms with Gasteiger partial charge in [0.05, 0.1) is 0 Å². The van der Waals surface area contributed by atoms with E-state index in [1.165, 1.54) is 5.56 Å². The predicted molar refractivity (Wildman–Crippen MR) is 147 cm³/mol. The van der Waals surface area contributed by atoms with Crippen LogP contribution in [0.25, 0.3) is 11.5 Å². The number of benzene rings is 2. The fourth-order valence-electron chi connectivity index (χ4n) is 3.78. The molecule has 37 heavy (non-hydrogen) atoms. The van der Waals surface area contributed by atoms with Gasteiger partial charge in [0.1, 0.15) is 5.82 Å². The quantitative estimate of drug-likeness (QED) is 0.284. The van der Waals surface area contributed by atoms with Gasteiger partial charge in [0.25, 0.3) is 0 Å². The maximum Gasteiger partial charge on any atom is 0.227 e. The van der Waals surface area contributed by atoms with Gasteiger partial charge in [0.15, 0.2) is 0 Å². The van der Waals surface area contributed by atoms with E-state index in [1.54, 1.807) is 0 Å². The van der Waals surface area contributed by atoms with Crippen molar-refractivity contribution in [1.82, 2.24) is 14.9 Å². The van der Waals surface area contributed by atoms with Gasteiger partial charge in [0, 0.05) is 153 Å². The first-order chi connectivity index (χ1) is 16.9. The minimum atomic E-state index is 0. The van der Waals surface area contributed by atoms with E-state index in [0.717, 1.165) is 66.9 Å². The van der Waals surface area contributed by atoms with Crippen LogP contribution in [0, 0.1) is 95.0 Å². The molecule has 1 aliphatic heterocycles. The molecular formula is C27H36Ac2ClN7-2. The zero-order valence-corrected chi connectivity index (χ0v) is 32.4. The van der Waals surface area contributed by atoms with Gasteiger partial charge in [-0.3, -0.25) is 4.90 Å². The van der Waals surface area contributed by atoms with E-state index >= 15 is 0 Å². The molecule has 0 amide bonds. The Morgan fingerprint density at radius 1 is 0.784 bits per heavy atom. The fourth-order valence-corrected chi connectivity index (χ4v) is 3.96. The van der Waals surface area contributed by atoms with Crippen molar-refractivity contribution in [2.24, 2.45) is 0 Å². The van der Waals surface area contributed by atoms with Crippen LogP contribution in [-0.4, -0.2) is 55.1 Å². The Labute approximate surface area is 298 Å². The summed E-state index contributed by atoms with van der Waals surface area (Å²) >= 11 is 5.58. The average molecular weight is 948 g/mol. The van der Waals surface area contributed by atoms with E-state index in [4.69, 9.17) is 23.1 Å². The molecule has 1 fully saturated rings. The average Bonchev–Trinajstić information content (AvgIpc) is 2.89. The summed E-state index contributed by atoms with van der Waals surface area (Å²) in [6.07, 6.45) is 0. The Hall–Kier alpha value is 0.173. The molecule has 2 aromatic carbocycles. The van der Waals surface area contributed by atoms with E-state index < -0.39 is 0 Å². The number of aromatic nitrogens is 2. The number of nitrogens with zero attached hydrogens (tertiary/aromatic N) is 5. The van der Waals surface area contributed by atoms with E-state index in [1.807, 2.05) is 56.3 Å². The summed E-state index contributed by atoms with van der Waals surface area (Å²) in [7, 11) is 4.02. The summed E-state index contributed by atoms with van der Waals surface area (Å²) in [5.41, 5.74) is 20.0. The molecule has 0 spiro atoms. The van der Waals surface area contributed by atoms with Crippen LogP contribution in [0.15, 0.2) is 54.6 Å². The van der Waals surface area contributed by atoms with Gasteiger partial charge in [0.2, 0.25) is 5.95 Å². The summed E-state index contributed by atoms with van der Waals surface area (Å²) in [5.74, 6) is 2.35. The van der Waals surface area contributed by atoms with Crippen LogP contribution < -0.4 is 9.80 Å². The number of rotatable bonds is 7. The van der Waals surface area contributed by atoms with Crippen molar-refractivity contribution in [1.29, 1.82) is 0 Å². The van der Waals surface area contributed by atoms with Crippen molar-refractivity contribution in [3.63, 3.8) is 0 Å². The Kier molecular flexibility index (Phi) is 17.6. The number of hydrogen-bond donors (Lipinski definition) is 0. The summed E-state index contributed by atoms with van der Waals surface area (Å²) < 4.78 is 0. The van der Waals surface area contributed by atoms with Gasteiger partial charge in [-0.15, -0.1) is 24.7 Å². The minimum Gasteiger partial charge on any atom is -0.674 e. The van der Waals surface area contributed by atoms with Crippen molar-refractivity contribution in [2.75, 3.05) is 50.1 Å². The molecule has 3 aromatic rings. The first kappa shape index (κ1) is 35.2. The third-order valence-electron chi connectivity index (χ3n) is 5.96.